The molecule has 0 aliphatic heterocycles. The molecule has 98 valence electrons. The standard InChI is InChI=1S/C13H9FO4S/c14-11-9(8-4-2-1-3-5-8)6-7-10(13(15)16)12(11)19(17)18/h1-7,10H,(H,15,16). The van der Waals surface area contributed by atoms with Gasteiger partial charge in [-0.1, -0.05) is 42.5 Å². The van der Waals surface area contributed by atoms with E-state index in [1.165, 1.54) is 12.2 Å². The minimum Gasteiger partial charge on any atom is -0.481 e. The predicted octanol–water partition coefficient (Wildman–Crippen LogP) is 1.69. The van der Waals surface area contributed by atoms with Crippen LogP contribution < -0.4 is 0 Å². The molecular weight excluding hydrogens is 271 g/mol. The number of allylic oxidation sites excluding steroid dienone is 3. The van der Waals surface area contributed by atoms with Crippen LogP contribution in [0.2, 0.25) is 0 Å². The predicted molar refractivity (Wildman–Crippen MR) is 68.7 cm³/mol. The van der Waals surface area contributed by atoms with Crippen LogP contribution in [0.4, 0.5) is 4.39 Å². The molecule has 0 bridgehead atoms. The average molecular weight is 280 g/mol. The van der Waals surface area contributed by atoms with Crippen LogP contribution in [0.15, 0.2) is 48.3 Å². The lowest BCUT2D eigenvalue weighted by Crippen LogP contribution is -2.25. The van der Waals surface area contributed by atoms with Crippen LogP contribution in [0.3, 0.4) is 0 Å². The maximum atomic E-state index is 14.2. The normalized spacial score (nSPS) is 18.6. The van der Waals surface area contributed by atoms with Crippen molar-refractivity contribution in [3.63, 3.8) is 0 Å². The molecule has 0 aromatic heterocycles. The van der Waals surface area contributed by atoms with E-state index in [9.17, 15) is 17.6 Å². The number of carbonyl (C=O) groups is 1. The number of aliphatic carboxylic acids is 1. The van der Waals surface area contributed by atoms with Crippen molar-refractivity contribution in [2.45, 2.75) is 0 Å². The third kappa shape index (κ3) is 2.48. The van der Waals surface area contributed by atoms with E-state index in [4.69, 9.17) is 5.11 Å². The van der Waals surface area contributed by atoms with Crippen molar-refractivity contribution in [3.8, 4) is 0 Å². The van der Waals surface area contributed by atoms with Gasteiger partial charge in [0.15, 0.2) is 5.83 Å². The van der Waals surface area contributed by atoms with Crippen LogP contribution in [-0.2, 0) is 15.1 Å². The van der Waals surface area contributed by atoms with Crippen molar-refractivity contribution < 1.29 is 22.7 Å². The summed E-state index contributed by atoms with van der Waals surface area (Å²) in [5.41, 5.74) is 0.556. The van der Waals surface area contributed by atoms with Crippen LogP contribution in [-0.4, -0.2) is 24.4 Å². The second kappa shape index (κ2) is 5.19. The molecule has 1 atom stereocenters. The summed E-state index contributed by atoms with van der Waals surface area (Å²) in [7, 11) is -2.93. The molecule has 6 heteroatoms. The summed E-state index contributed by atoms with van der Waals surface area (Å²) in [5, 5.41) is 8.90. The number of carboxylic acid groups (broad SMARTS) is 1. The lowest BCUT2D eigenvalue weighted by molar-refractivity contribution is -0.138. The first-order chi connectivity index (χ1) is 9.02. The molecule has 19 heavy (non-hydrogen) atoms. The third-order valence-electron chi connectivity index (χ3n) is 2.72. The van der Waals surface area contributed by atoms with E-state index in [0.29, 0.717) is 5.56 Å². The largest absolute Gasteiger partial charge is 0.481 e. The lowest BCUT2D eigenvalue weighted by Gasteiger charge is -2.15. The van der Waals surface area contributed by atoms with Gasteiger partial charge in [-0.15, -0.1) is 0 Å². The first kappa shape index (κ1) is 13.2. The van der Waals surface area contributed by atoms with Crippen molar-refractivity contribution in [2.75, 3.05) is 0 Å². The monoisotopic (exact) mass is 280 g/mol. The van der Waals surface area contributed by atoms with Crippen LogP contribution in [0, 0.1) is 5.92 Å². The van der Waals surface area contributed by atoms with Gasteiger partial charge < -0.3 is 5.11 Å². The quantitative estimate of drug-likeness (QED) is 0.837. The van der Waals surface area contributed by atoms with Crippen molar-refractivity contribution in [1.82, 2.24) is 0 Å². The highest BCUT2D eigenvalue weighted by Crippen LogP contribution is 2.29. The molecule has 4 nitrogen and oxygen atoms in total. The molecule has 0 spiro atoms. The molecule has 1 aromatic carbocycles. The first-order valence-electron chi connectivity index (χ1n) is 5.35. The van der Waals surface area contributed by atoms with Crippen LogP contribution in [0.1, 0.15) is 5.56 Å². The Labute approximate surface area is 110 Å². The topological polar surface area (TPSA) is 71.4 Å². The van der Waals surface area contributed by atoms with E-state index < -0.39 is 32.9 Å². The molecule has 1 aliphatic carbocycles. The van der Waals surface area contributed by atoms with Gasteiger partial charge in [-0.3, -0.25) is 4.79 Å². The SMILES string of the molecule is O=C(O)C1C=CC(c2ccccc2)=C(F)C1=S(=O)=O. The fraction of sp³-hybridized carbons (Fsp3) is 0.0769. The summed E-state index contributed by atoms with van der Waals surface area (Å²) < 4.78 is 36.3. The van der Waals surface area contributed by atoms with E-state index in [1.54, 1.807) is 30.3 Å². The molecule has 0 saturated heterocycles. The molecule has 1 N–H and O–H groups in total. The van der Waals surface area contributed by atoms with Crippen LogP contribution in [0.5, 0.6) is 0 Å². The Morgan fingerprint density at radius 1 is 1.21 bits per heavy atom. The Kier molecular flexibility index (Phi) is 3.62. The number of hydrogen-bond acceptors (Lipinski definition) is 3. The summed E-state index contributed by atoms with van der Waals surface area (Å²) >= 11 is 0. The van der Waals surface area contributed by atoms with Crippen molar-refractivity contribution in [2.24, 2.45) is 5.92 Å². The smallest absolute Gasteiger partial charge is 0.316 e. The Morgan fingerprint density at radius 3 is 2.37 bits per heavy atom. The lowest BCUT2D eigenvalue weighted by atomic mass is 9.92. The van der Waals surface area contributed by atoms with Gasteiger partial charge >= 0.3 is 5.97 Å². The van der Waals surface area contributed by atoms with Gasteiger partial charge in [0, 0.05) is 5.57 Å². The van der Waals surface area contributed by atoms with Gasteiger partial charge in [0.25, 0.3) is 0 Å². The van der Waals surface area contributed by atoms with Gasteiger partial charge in [-0.2, -0.15) is 8.42 Å². The number of hydrogen-bond donors (Lipinski definition) is 1. The van der Waals surface area contributed by atoms with Gasteiger partial charge in [-0.05, 0) is 5.56 Å². The maximum Gasteiger partial charge on any atom is 0.316 e. The van der Waals surface area contributed by atoms with E-state index >= 15 is 0 Å². The highest BCUT2D eigenvalue weighted by molar-refractivity contribution is 7.73. The second-order valence-corrected chi connectivity index (χ2v) is 4.78. The summed E-state index contributed by atoms with van der Waals surface area (Å²) in [4.78, 5) is 10.2. The Morgan fingerprint density at radius 2 is 1.84 bits per heavy atom. The maximum absolute atomic E-state index is 14.2. The molecule has 0 radical (unpaired) electrons. The Bertz CT molecular complexity index is 706. The van der Waals surface area contributed by atoms with E-state index in [0.717, 1.165) is 0 Å². The fourth-order valence-corrected chi connectivity index (χ4v) is 2.48. The molecule has 1 aromatic rings. The zero-order valence-corrected chi connectivity index (χ0v) is 10.4. The van der Waals surface area contributed by atoms with Gasteiger partial charge in [-0.25, -0.2) is 4.39 Å². The van der Waals surface area contributed by atoms with E-state index in [-0.39, 0.29) is 5.57 Å². The Hall–Kier alpha value is -2.21. The zero-order valence-electron chi connectivity index (χ0n) is 9.58. The minimum atomic E-state index is -2.93. The van der Waals surface area contributed by atoms with Crippen LogP contribution >= 0.6 is 0 Å². The number of benzene rings is 1. The van der Waals surface area contributed by atoms with E-state index in [2.05, 4.69) is 0 Å². The molecule has 2 rings (SSSR count). The molecule has 1 unspecified atom stereocenters. The highest BCUT2D eigenvalue weighted by Gasteiger charge is 2.31. The van der Waals surface area contributed by atoms with Crippen molar-refractivity contribution >= 4 is 26.7 Å². The van der Waals surface area contributed by atoms with Crippen molar-refractivity contribution in [3.05, 3.63) is 53.9 Å². The van der Waals surface area contributed by atoms with Crippen LogP contribution in [0.25, 0.3) is 5.57 Å². The molecular formula is C13H9FO4S. The summed E-state index contributed by atoms with van der Waals surface area (Å²) in [6.07, 6.45) is 2.46. The minimum absolute atomic E-state index is 0.0669. The number of rotatable bonds is 2. The molecule has 1 aliphatic rings. The molecule has 0 saturated carbocycles. The molecule has 0 heterocycles. The molecule has 0 amide bonds. The van der Waals surface area contributed by atoms with Crippen molar-refractivity contribution in [1.29, 1.82) is 0 Å². The second-order valence-electron chi connectivity index (χ2n) is 3.87. The molecule has 0 fully saturated rings. The van der Waals surface area contributed by atoms with Gasteiger partial charge in [0.2, 0.25) is 10.3 Å². The first-order valence-corrected chi connectivity index (χ1v) is 6.42. The highest BCUT2D eigenvalue weighted by atomic mass is 32.2. The third-order valence-corrected chi connectivity index (χ3v) is 3.51. The van der Waals surface area contributed by atoms with Gasteiger partial charge in [0.1, 0.15) is 10.8 Å². The fourth-order valence-electron chi connectivity index (χ4n) is 1.83. The average Bonchev–Trinajstić information content (AvgIpc) is 2.38. The van der Waals surface area contributed by atoms with Gasteiger partial charge in [0.05, 0.1) is 0 Å². The number of carboxylic acids is 1. The summed E-state index contributed by atoms with van der Waals surface area (Å²) in [6.45, 7) is 0. The number of halogens is 1. The van der Waals surface area contributed by atoms with E-state index in [1.807, 2.05) is 0 Å². The summed E-state index contributed by atoms with van der Waals surface area (Å²) in [5.74, 6) is -3.90. The zero-order chi connectivity index (χ0) is 14.0. The Balaban J connectivity index is 2.64. The summed E-state index contributed by atoms with van der Waals surface area (Å²) in [6, 6.07) is 8.34.